The molecule has 0 aliphatic heterocycles. The highest BCUT2D eigenvalue weighted by Gasteiger charge is 2.11. The number of amides is 2. The second kappa shape index (κ2) is 8.09. The Morgan fingerprint density at radius 1 is 1.04 bits per heavy atom. The van der Waals surface area contributed by atoms with Gasteiger partial charge >= 0.3 is 0 Å². The van der Waals surface area contributed by atoms with E-state index in [0.717, 1.165) is 18.2 Å². The molecule has 0 aliphatic carbocycles. The summed E-state index contributed by atoms with van der Waals surface area (Å²) >= 11 is 0. The molecule has 8 heteroatoms. The number of halogens is 3. The van der Waals surface area contributed by atoms with E-state index < -0.39 is 29.3 Å². The minimum Gasteiger partial charge on any atom is -0.323 e. The fraction of sp³-hybridized carbons (Fsp3) is 0.118. The molecule has 0 aromatic heterocycles. The van der Waals surface area contributed by atoms with Crippen molar-refractivity contribution in [2.24, 2.45) is 5.10 Å². The van der Waals surface area contributed by atoms with Crippen molar-refractivity contribution in [2.45, 2.75) is 13.3 Å². The van der Waals surface area contributed by atoms with Gasteiger partial charge < -0.3 is 5.32 Å². The molecule has 0 aliphatic rings. The largest absolute Gasteiger partial charge is 0.323 e. The molecule has 25 heavy (non-hydrogen) atoms. The van der Waals surface area contributed by atoms with Crippen LogP contribution in [0.1, 0.15) is 23.7 Å². The van der Waals surface area contributed by atoms with Gasteiger partial charge in [-0.05, 0) is 31.2 Å². The molecule has 0 heterocycles. The van der Waals surface area contributed by atoms with Gasteiger partial charge in [0.2, 0.25) is 5.91 Å². The predicted molar refractivity (Wildman–Crippen MR) is 86.6 cm³/mol. The van der Waals surface area contributed by atoms with E-state index in [1.54, 1.807) is 0 Å². The van der Waals surface area contributed by atoms with Crippen LogP contribution in [0.4, 0.5) is 18.9 Å². The molecule has 0 radical (unpaired) electrons. The van der Waals surface area contributed by atoms with Crippen LogP contribution in [0, 0.1) is 17.5 Å². The molecular formula is C17H14F3N3O2. The SMILES string of the molecule is C/C(CC(=O)Nc1ccc(F)cc1F)=N/NC(=O)c1ccccc1F. The average molecular weight is 349 g/mol. The molecule has 5 nitrogen and oxygen atoms in total. The van der Waals surface area contributed by atoms with Crippen LogP contribution in [-0.4, -0.2) is 17.5 Å². The maximum atomic E-state index is 13.5. The summed E-state index contributed by atoms with van der Waals surface area (Å²) in [6, 6.07) is 8.11. The van der Waals surface area contributed by atoms with Crippen molar-refractivity contribution in [3.63, 3.8) is 0 Å². The lowest BCUT2D eigenvalue weighted by Crippen LogP contribution is -2.22. The van der Waals surface area contributed by atoms with Gasteiger partial charge in [0.1, 0.15) is 17.5 Å². The van der Waals surface area contributed by atoms with E-state index in [4.69, 9.17) is 0 Å². The van der Waals surface area contributed by atoms with E-state index in [0.29, 0.717) is 6.07 Å². The maximum absolute atomic E-state index is 13.5. The first-order chi connectivity index (χ1) is 11.9. The second-order valence-electron chi connectivity index (χ2n) is 5.12. The van der Waals surface area contributed by atoms with Crippen LogP contribution in [0.2, 0.25) is 0 Å². The van der Waals surface area contributed by atoms with Gasteiger partial charge in [0, 0.05) is 11.8 Å². The van der Waals surface area contributed by atoms with Crippen molar-refractivity contribution in [3.8, 4) is 0 Å². The maximum Gasteiger partial charge on any atom is 0.274 e. The van der Waals surface area contributed by atoms with Gasteiger partial charge in [-0.3, -0.25) is 9.59 Å². The van der Waals surface area contributed by atoms with Crippen LogP contribution in [-0.2, 0) is 4.79 Å². The monoisotopic (exact) mass is 349 g/mol. The number of carbonyl (C=O) groups excluding carboxylic acids is 2. The second-order valence-corrected chi connectivity index (χ2v) is 5.12. The Balaban J connectivity index is 1.93. The van der Waals surface area contributed by atoms with Gasteiger partial charge in [-0.2, -0.15) is 5.10 Å². The number of nitrogens with zero attached hydrogens (tertiary/aromatic N) is 1. The molecule has 0 fully saturated rings. The van der Waals surface area contributed by atoms with Gasteiger partial charge in [-0.15, -0.1) is 0 Å². The van der Waals surface area contributed by atoms with Crippen molar-refractivity contribution >= 4 is 23.2 Å². The number of nitrogens with one attached hydrogen (secondary N) is 2. The van der Waals surface area contributed by atoms with Gasteiger partial charge in [0.25, 0.3) is 5.91 Å². The van der Waals surface area contributed by atoms with Gasteiger partial charge in [-0.25, -0.2) is 18.6 Å². The molecule has 2 aromatic carbocycles. The molecule has 0 spiro atoms. The van der Waals surface area contributed by atoms with Crippen LogP contribution in [0.15, 0.2) is 47.6 Å². The van der Waals surface area contributed by atoms with Crippen molar-refractivity contribution in [1.82, 2.24) is 5.43 Å². The van der Waals surface area contributed by atoms with E-state index >= 15 is 0 Å². The molecule has 0 unspecified atom stereocenters. The van der Waals surface area contributed by atoms with Crippen molar-refractivity contribution < 1.29 is 22.8 Å². The minimum atomic E-state index is -0.907. The van der Waals surface area contributed by atoms with Crippen LogP contribution in [0.5, 0.6) is 0 Å². The number of hydrazone groups is 1. The van der Waals surface area contributed by atoms with Crippen molar-refractivity contribution in [1.29, 1.82) is 0 Å². The van der Waals surface area contributed by atoms with E-state index in [1.807, 2.05) is 0 Å². The van der Waals surface area contributed by atoms with Gasteiger partial charge in [0.15, 0.2) is 0 Å². The van der Waals surface area contributed by atoms with E-state index in [1.165, 1.54) is 25.1 Å². The molecule has 0 bridgehead atoms. The highest BCUT2D eigenvalue weighted by Crippen LogP contribution is 2.15. The quantitative estimate of drug-likeness (QED) is 0.643. The number of carbonyl (C=O) groups is 2. The summed E-state index contributed by atoms with van der Waals surface area (Å²) in [6.07, 6.45) is -0.242. The molecule has 0 saturated heterocycles. The summed E-state index contributed by atoms with van der Waals surface area (Å²) < 4.78 is 39.7. The third kappa shape index (κ3) is 5.17. The fourth-order valence-electron chi connectivity index (χ4n) is 1.91. The third-order valence-corrected chi connectivity index (χ3v) is 3.09. The normalized spacial score (nSPS) is 11.1. The van der Waals surface area contributed by atoms with E-state index in [2.05, 4.69) is 15.8 Å². The first kappa shape index (κ1) is 18.2. The minimum absolute atomic E-state index is 0.172. The number of hydrogen-bond donors (Lipinski definition) is 2. The molecule has 0 saturated carbocycles. The Hall–Kier alpha value is -3.16. The molecule has 2 N–H and O–H groups in total. The smallest absolute Gasteiger partial charge is 0.274 e. The zero-order chi connectivity index (χ0) is 18.4. The Bertz CT molecular complexity index is 838. The summed E-state index contributed by atoms with van der Waals surface area (Å²) in [6.45, 7) is 1.46. The molecule has 2 rings (SSSR count). The highest BCUT2D eigenvalue weighted by atomic mass is 19.1. The summed E-state index contributed by atoms with van der Waals surface area (Å²) in [5, 5.41) is 5.96. The van der Waals surface area contributed by atoms with E-state index in [9.17, 15) is 22.8 Å². The van der Waals surface area contributed by atoms with Crippen LogP contribution in [0.25, 0.3) is 0 Å². The first-order valence-electron chi connectivity index (χ1n) is 7.19. The summed E-state index contributed by atoms with van der Waals surface area (Å²) in [7, 11) is 0. The topological polar surface area (TPSA) is 70.6 Å². The molecular weight excluding hydrogens is 335 g/mol. The van der Waals surface area contributed by atoms with Crippen LogP contribution < -0.4 is 10.7 Å². The van der Waals surface area contributed by atoms with Crippen LogP contribution >= 0.6 is 0 Å². The van der Waals surface area contributed by atoms with Crippen molar-refractivity contribution in [3.05, 3.63) is 65.5 Å². The number of benzene rings is 2. The van der Waals surface area contributed by atoms with Gasteiger partial charge in [0.05, 0.1) is 17.7 Å². The van der Waals surface area contributed by atoms with E-state index in [-0.39, 0.29) is 23.4 Å². The Morgan fingerprint density at radius 3 is 2.44 bits per heavy atom. The predicted octanol–water partition coefficient (Wildman–Crippen LogP) is 3.24. The highest BCUT2D eigenvalue weighted by molar-refractivity contribution is 6.06. The van der Waals surface area contributed by atoms with Crippen LogP contribution in [0.3, 0.4) is 0 Å². The number of anilines is 1. The Morgan fingerprint density at radius 2 is 1.76 bits per heavy atom. The molecule has 2 amide bonds. The molecule has 0 atom stereocenters. The van der Waals surface area contributed by atoms with Crippen molar-refractivity contribution in [2.75, 3.05) is 5.32 Å². The number of rotatable bonds is 5. The zero-order valence-electron chi connectivity index (χ0n) is 13.1. The summed E-state index contributed by atoms with van der Waals surface area (Å²) in [4.78, 5) is 23.6. The Labute approximate surface area is 141 Å². The summed E-state index contributed by atoms with van der Waals surface area (Å²) in [5.74, 6) is -3.73. The molecule has 130 valence electrons. The lowest BCUT2D eigenvalue weighted by molar-refractivity contribution is -0.115. The first-order valence-corrected chi connectivity index (χ1v) is 7.19. The fourth-order valence-corrected chi connectivity index (χ4v) is 1.91. The third-order valence-electron chi connectivity index (χ3n) is 3.09. The standard InChI is InChI=1S/C17H14F3N3O2/c1-10(22-23-17(25)12-4-2-3-5-13(12)19)8-16(24)21-15-7-6-11(18)9-14(15)20/h2-7,9H,8H2,1H3,(H,21,24)(H,23,25)/b22-10-. The Kier molecular flexibility index (Phi) is 5.89. The molecule has 2 aromatic rings. The van der Waals surface area contributed by atoms with Gasteiger partial charge in [-0.1, -0.05) is 12.1 Å². The average Bonchev–Trinajstić information content (AvgIpc) is 2.55. The number of hydrogen-bond acceptors (Lipinski definition) is 3. The lowest BCUT2D eigenvalue weighted by atomic mass is 10.2. The zero-order valence-corrected chi connectivity index (χ0v) is 13.1. The summed E-state index contributed by atoms with van der Waals surface area (Å²) in [5.41, 5.74) is 1.99. The lowest BCUT2D eigenvalue weighted by Gasteiger charge is -2.07.